The van der Waals surface area contributed by atoms with Gasteiger partial charge in [-0.1, -0.05) is 11.6 Å². The Morgan fingerprint density at radius 2 is 1.85 bits per heavy atom. The molecule has 1 N–H and O–H groups in total. The molecule has 3 heterocycles. The van der Waals surface area contributed by atoms with Crippen molar-refractivity contribution in [1.29, 1.82) is 0 Å². The Morgan fingerprint density at radius 1 is 1.09 bits per heavy atom. The maximum absolute atomic E-state index is 12.5. The summed E-state index contributed by atoms with van der Waals surface area (Å²) in [4.78, 5) is 19.5. The molecule has 1 aromatic carbocycles. The number of carbonyl (C=O) groups excluding carboxylic acids is 1. The van der Waals surface area contributed by atoms with Crippen LogP contribution in [0.25, 0.3) is 11.4 Å². The predicted molar refractivity (Wildman–Crippen MR) is 123 cm³/mol. The number of rotatable bonds is 9. The van der Waals surface area contributed by atoms with Crippen molar-refractivity contribution in [2.45, 2.75) is 51.0 Å². The molecule has 0 spiro atoms. The first-order valence-corrected chi connectivity index (χ1v) is 11.8. The van der Waals surface area contributed by atoms with Gasteiger partial charge in [0.2, 0.25) is 23.4 Å². The van der Waals surface area contributed by atoms with E-state index in [9.17, 15) is 4.79 Å². The Balaban J connectivity index is 1.31. The summed E-state index contributed by atoms with van der Waals surface area (Å²) in [5, 5.41) is 7.19. The van der Waals surface area contributed by atoms with E-state index in [1.165, 1.54) is 45.2 Å². The fraction of sp³-hybridized carbons (Fsp3) is 0.625. The molecule has 1 amide bonds. The van der Waals surface area contributed by atoms with Crippen LogP contribution in [0.15, 0.2) is 16.7 Å². The number of hydrogen-bond donors (Lipinski definition) is 1. The van der Waals surface area contributed by atoms with E-state index in [0.29, 0.717) is 59.3 Å². The van der Waals surface area contributed by atoms with Crippen LogP contribution in [0, 0.1) is 5.92 Å². The molecule has 0 bridgehead atoms. The SMILES string of the molecule is COc1cc(-c2noc(CCC(=O)NC[C@H]3CCCN4CCCC[C@H]34)n2)cc(OC)c1OC. The summed E-state index contributed by atoms with van der Waals surface area (Å²) in [5.41, 5.74) is 0.679. The van der Waals surface area contributed by atoms with Crippen molar-refractivity contribution in [3.05, 3.63) is 18.0 Å². The Morgan fingerprint density at radius 3 is 2.58 bits per heavy atom. The van der Waals surface area contributed by atoms with Crippen LogP contribution in [0.3, 0.4) is 0 Å². The lowest BCUT2D eigenvalue weighted by atomic mass is 9.83. The normalized spacial score (nSPS) is 20.7. The lowest BCUT2D eigenvalue weighted by Crippen LogP contribution is -2.51. The first kappa shape index (κ1) is 23.4. The van der Waals surface area contributed by atoms with Crippen molar-refractivity contribution >= 4 is 5.91 Å². The highest BCUT2D eigenvalue weighted by Gasteiger charge is 2.32. The number of ether oxygens (including phenoxy) is 3. The summed E-state index contributed by atoms with van der Waals surface area (Å²) >= 11 is 0. The van der Waals surface area contributed by atoms with Crippen LogP contribution in [0.1, 0.15) is 44.4 Å². The first-order chi connectivity index (χ1) is 16.1. The molecule has 0 radical (unpaired) electrons. The molecule has 9 nitrogen and oxygen atoms in total. The van der Waals surface area contributed by atoms with Crippen LogP contribution >= 0.6 is 0 Å². The number of aryl methyl sites for hydroxylation is 1. The number of fused-ring (bicyclic) bond motifs is 1. The molecule has 2 saturated heterocycles. The number of nitrogens with zero attached hydrogens (tertiary/aromatic N) is 3. The smallest absolute Gasteiger partial charge is 0.227 e. The van der Waals surface area contributed by atoms with E-state index in [4.69, 9.17) is 18.7 Å². The number of nitrogens with one attached hydrogen (secondary N) is 1. The van der Waals surface area contributed by atoms with E-state index in [1.807, 2.05) is 0 Å². The van der Waals surface area contributed by atoms with Gasteiger partial charge in [-0.2, -0.15) is 4.98 Å². The van der Waals surface area contributed by atoms with Crippen LogP contribution < -0.4 is 19.5 Å². The minimum atomic E-state index is 0.0236. The predicted octanol–water partition coefficient (Wildman–Crippen LogP) is 3.08. The second-order valence-corrected chi connectivity index (χ2v) is 8.73. The lowest BCUT2D eigenvalue weighted by Gasteiger charge is -2.44. The van der Waals surface area contributed by atoms with Gasteiger partial charge >= 0.3 is 0 Å². The summed E-state index contributed by atoms with van der Waals surface area (Å²) in [6, 6.07) is 4.16. The minimum absolute atomic E-state index is 0.0236. The van der Waals surface area contributed by atoms with E-state index < -0.39 is 0 Å². The number of amides is 1. The molecule has 2 aromatic rings. The van der Waals surface area contributed by atoms with Crippen LogP contribution in [0.4, 0.5) is 0 Å². The van der Waals surface area contributed by atoms with Gasteiger partial charge in [0.05, 0.1) is 21.3 Å². The van der Waals surface area contributed by atoms with Crippen molar-refractivity contribution in [3.8, 4) is 28.6 Å². The first-order valence-electron chi connectivity index (χ1n) is 11.8. The van der Waals surface area contributed by atoms with Gasteiger partial charge in [0, 0.05) is 31.0 Å². The maximum atomic E-state index is 12.5. The molecular weight excluding hydrogens is 424 g/mol. The molecule has 2 atom stereocenters. The highest BCUT2D eigenvalue weighted by molar-refractivity contribution is 5.76. The van der Waals surface area contributed by atoms with Gasteiger partial charge in [0.1, 0.15) is 0 Å². The van der Waals surface area contributed by atoms with Gasteiger partial charge in [-0.15, -0.1) is 0 Å². The Bertz CT molecular complexity index is 920. The maximum Gasteiger partial charge on any atom is 0.227 e. The standard InChI is InChI=1S/C24H34N4O5/c1-30-19-13-17(14-20(31-2)23(19)32-3)24-26-22(33-27-24)10-9-21(29)25-15-16-7-6-12-28-11-5-4-8-18(16)28/h13-14,16,18H,4-12,15H2,1-3H3,(H,25,29)/t16-,18-/m1/s1. The van der Waals surface area contributed by atoms with Crippen molar-refractivity contribution < 1.29 is 23.5 Å². The Hall–Kier alpha value is -2.81. The molecule has 1 aromatic heterocycles. The molecule has 0 saturated carbocycles. The topological polar surface area (TPSA) is 99.0 Å². The number of carbonyl (C=O) groups is 1. The van der Waals surface area contributed by atoms with Gasteiger partial charge < -0.3 is 29.0 Å². The summed E-state index contributed by atoms with van der Waals surface area (Å²) in [6.07, 6.45) is 6.99. The highest BCUT2D eigenvalue weighted by Crippen LogP contribution is 2.40. The van der Waals surface area contributed by atoms with E-state index in [0.717, 1.165) is 6.54 Å². The van der Waals surface area contributed by atoms with Crippen molar-refractivity contribution in [3.63, 3.8) is 0 Å². The van der Waals surface area contributed by atoms with Gasteiger partial charge in [-0.05, 0) is 56.8 Å². The summed E-state index contributed by atoms with van der Waals surface area (Å²) in [7, 11) is 4.66. The van der Waals surface area contributed by atoms with Crippen molar-refractivity contribution in [2.24, 2.45) is 5.92 Å². The molecule has 33 heavy (non-hydrogen) atoms. The fourth-order valence-corrected chi connectivity index (χ4v) is 5.05. The van der Waals surface area contributed by atoms with Crippen LogP contribution in [-0.2, 0) is 11.2 Å². The molecule has 2 aliphatic heterocycles. The van der Waals surface area contributed by atoms with Gasteiger partial charge in [0.25, 0.3) is 0 Å². The molecular formula is C24H34N4O5. The van der Waals surface area contributed by atoms with E-state index in [2.05, 4.69) is 20.4 Å². The number of hydrogen-bond acceptors (Lipinski definition) is 8. The third-order valence-corrected chi connectivity index (χ3v) is 6.75. The number of piperidine rings is 2. The quantitative estimate of drug-likeness (QED) is 0.612. The number of benzene rings is 1. The van der Waals surface area contributed by atoms with E-state index >= 15 is 0 Å². The van der Waals surface area contributed by atoms with Crippen molar-refractivity contribution in [1.82, 2.24) is 20.4 Å². The lowest BCUT2D eigenvalue weighted by molar-refractivity contribution is -0.121. The zero-order valence-corrected chi connectivity index (χ0v) is 19.8. The molecule has 180 valence electrons. The molecule has 9 heteroatoms. The van der Waals surface area contributed by atoms with Crippen LogP contribution in [-0.4, -0.2) is 68.0 Å². The average Bonchev–Trinajstić information content (AvgIpc) is 3.34. The fourth-order valence-electron chi connectivity index (χ4n) is 5.05. The van der Waals surface area contributed by atoms with Gasteiger partial charge in [0.15, 0.2) is 11.5 Å². The molecule has 0 aliphatic carbocycles. The summed E-state index contributed by atoms with van der Waals surface area (Å²) in [5.74, 6) is 2.93. The average molecular weight is 459 g/mol. The third kappa shape index (κ3) is 5.40. The zero-order valence-electron chi connectivity index (χ0n) is 19.8. The van der Waals surface area contributed by atoms with E-state index in [1.54, 1.807) is 33.5 Å². The molecule has 0 unspecified atom stereocenters. The second-order valence-electron chi connectivity index (χ2n) is 8.73. The monoisotopic (exact) mass is 458 g/mol. The number of methoxy groups -OCH3 is 3. The van der Waals surface area contributed by atoms with Crippen molar-refractivity contribution in [2.75, 3.05) is 41.0 Å². The Kier molecular flexibility index (Phi) is 7.69. The third-order valence-electron chi connectivity index (χ3n) is 6.75. The Labute approximate surface area is 194 Å². The van der Waals surface area contributed by atoms with Gasteiger partial charge in [-0.3, -0.25) is 4.79 Å². The second kappa shape index (κ2) is 10.9. The highest BCUT2D eigenvalue weighted by atomic mass is 16.5. The van der Waals surface area contributed by atoms with Crippen LogP contribution in [0.5, 0.6) is 17.2 Å². The minimum Gasteiger partial charge on any atom is -0.493 e. The molecule has 4 rings (SSSR count). The summed E-state index contributed by atoms with van der Waals surface area (Å²) < 4.78 is 21.5. The molecule has 2 aliphatic rings. The largest absolute Gasteiger partial charge is 0.493 e. The number of aromatic nitrogens is 2. The molecule has 2 fully saturated rings. The van der Waals surface area contributed by atoms with Gasteiger partial charge in [-0.25, -0.2) is 0 Å². The van der Waals surface area contributed by atoms with E-state index in [-0.39, 0.29) is 5.91 Å². The zero-order chi connectivity index (χ0) is 23.2. The summed E-state index contributed by atoms with van der Waals surface area (Å²) in [6.45, 7) is 3.17. The van der Waals surface area contributed by atoms with Crippen LogP contribution in [0.2, 0.25) is 0 Å².